The average molecular weight is 309 g/mol. The van der Waals surface area contributed by atoms with E-state index >= 15 is 0 Å². The number of nitrogens with zero attached hydrogens (tertiary/aromatic N) is 1. The van der Waals surface area contributed by atoms with Crippen molar-refractivity contribution in [3.63, 3.8) is 0 Å². The Morgan fingerprint density at radius 1 is 0.909 bits per heavy atom. The summed E-state index contributed by atoms with van der Waals surface area (Å²) in [6, 6.07) is 20.4. The van der Waals surface area contributed by atoms with Crippen LogP contribution in [0.25, 0.3) is 0 Å². The second kappa shape index (κ2) is 7.10. The van der Waals surface area contributed by atoms with Gasteiger partial charge in [-0.05, 0) is 47.4 Å². The first-order chi connectivity index (χ1) is 10.8. The normalized spacial score (nSPS) is 10.4. The first-order valence-electron chi connectivity index (χ1n) is 7.26. The van der Waals surface area contributed by atoms with Gasteiger partial charge in [0.25, 0.3) is 0 Å². The van der Waals surface area contributed by atoms with Crippen molar-refractivity contribution in [2.75, 3.05) is 5.32 Å². The largest absolute Gasteiger partial charge is 0.381 e. The third-order valence-electron chi connectivity index (χ3n) is 3.50. The van der Waals surface area contributed by atoms with E-state index in [0.29, 0.717) is 0 Å². The maximum atomic E-state index is 6.33. The van der Waals surface area contributed by atoms with E-state index in [1.807, 2.05) is 42.6 Å². The summed E-state index contributed by atoms with van der Waals surface area (Å²) in [5.74, 6) is 0. The Labute approximate surface area is 135 Å². The molecule has 0 saturated carbocycles. The number of rotatable bonds is 5. The van der Waals surface area contributed by atoms with Gasteiger partial charge in [-0.25, -0.2) is 0 Å². The van der Waals surface area contributed by atoms with Gasteiger partial charge in [-0.3, -0.25) is 4.98 Å². The van der Waals surface area contributed by atoms with Gasteiger partial charge in [0.15, 0.2) is 0 Å². The van der Waals surface area contributed by atoms with Crippen molar-refractivity contribution in [2.24, 2.45) is 0 Å². The van der Waals surface area contributed by atoms with E-state index in [4.69, 9.17) is 11.6 Å². The van der Waals surface area contributed by atoms with E-state index in [0.717, 1.165) is 34.8 Å². The topological polar surface area (TPSA) is 24.9 Å². The second-order valence-electron chi connectivity index (χ2n) is 5.18. The highest BCUT2D eigenvalue weighted by Crippen LogP contribution is 2.23. The van der Waals surface area contributed by atoms with Crippen molar-refractivity contribution in [3.05, 3.63) is 94.8 Å². The van der Waals surface area contributed by atoms with Gasteiger partial charge in [0.1, 0.15) is 0 Å². The summed E-state index contributed by atoms with van der Waals surface area (Å²) in [5.41, 5.74) is 4.61. The first-order valence-corrected chi connectivity index (χ1v) is 7.64. The summed E-state index contributed by atoms with van der Waals surface area (Å²) >= 11 is 6.33. The zero-order chi connectivity index (χ0) is 15.2. The Morgan fingerprint density at radius 2 is 1.73 bits per heavy atom. The minimum absolute atomic E-state index is 0.750. The fourth-order valence-corrected chi connectivity index (χ4v) is 2.53. The van der Waals surface area contributed by atoms with Crippen LogP contribution < -0.4 is 5.32 Å². The molecule has 0 aliphatic rings. The Kier molecular flexibility index (Phi) is 4.71. The molecule has 22 heavy (non-hydrogen) atoms. The molecule has 3 aromatic rings. The van der Waals surface area contributed by atoms with Crippen LogP contribution in [0.3, 0.4) is 0 Å². The fourth-order valence-electron chi connectivity index (χ4n) is 2.34. The lowest BCUT2D eigenvalue weighted by atomic mass is 10.0. The number of halogens is 1. The zero-order valence-corrected chi connectivity index (χ0v) is 12.9. The monoisotopic (exact) mass is 308 g/mol. The standard InChI is InChI=1S/C19H17ClN2/c20-19-9-8-18(22-14-16-7-4-10-21-13-16)12-17(19)11-15-5-2-1-3-6-15/h1-10,12-13,22H,11,14H2. The molecule has 0 saturated heterocycles. The summed E-state index contributed by atoms with van der Waals surface area (Å²) in [7, 11) is 0. The molecule has 2 aromatic carbocycles. The van der Waals surface area contributed by atoms with E-state index < -0.39 is 0 Å². The van der Waals surface area contributed by atoms with Crippen LogP contribution in [0, 0.1) is 0 Å². The molecule has 110 valence electrons. The molecule has 0 atom stereocenters. The van der Waals surface area contributed by atoms with Crippen LogP contribution in [0.5, 0.6) is 0 Å². The van der Waals surface area contributed by atoms with Crippen LogP contribution in [0.15, 0.2) is 73.1 Å². The van der Waals surface area contributed by atoms with E-state index in [-0.39, 0.29) is 0 Å². The highest BCUT2D eigenvalue weighted by atomic mass is 35.5. The highest BCUT2D eigenvalue weighted by molar-refractivity contribution is 6.31. The number of anilines is 1. The highest BCUT2D eigenvalue weighted by Gasteiger charge is 2.04. The maximum absolute atomic E-state index is 6.33. The smallest absolute Gasteiger partial charge is 0.0442 e. The van der Waals surface area contributed by atoms with Crippen LogP contribution in [0.2, 0.25) is 5.02 Å². The summed E-state index contributed by atoms with van der Waals surface area (Å²) in [5, 5.41) is 4.22. The van der Waals surface area contributed by atoms with Crippen LogP contribution in [0.4, 0.5) is 5.69 Å². The zero-order valence-electron chi connectivity index (χ0n) is 12.2. The van der Waals surface area contributed by atoms with Crippen LogP contribution in [0.1, 0.15) is 16.7 Å². The molecule has 0 amide bonds. The van der Waals surface area contributed by atoms with Gasteiger partial charge in [0, 0.05) is 29.6 Å². The molecule has 3 rings (SSSR count). The number of nitrogens with one attached hydrogen (secondary N) is 1. The van der Waals surface area contributed by atoms with Gasteiger partial charge in [-0.15, -0.1) is 0 Å². The molecule has 0 radical (unpaired) electrons. The number of pyridine rings is 1. The molecule has 1 N–H and O–H groups in total. The molecule has 0 unspecified atom stereocenters. The third-order valence-corrected chi connectivity index (χ3v) is 3.87. The summed E-state index contributed by atoms with van der Waals surface area (Å²) in [4.78, 5) is 4.12. The van der Waals surface area contributed by atoms with Gasteiger partial charge >= 0.3 is 0 Å². The number of hydrogen-bond donors (Lipinski definition) is 1. The van der Waals surface area contributed by atoms with Crippen LogP contribution in [-0.2, 0) is 13.0 Å². The number of hydrogen-bond acceptors (Lipinski definition) is 2. The van der Waals surface area contributed by atoms with Crippen molar-refractivity contribution in [1.82, 2.24) is 4.98 Å². The summed E-state index contributed by atoms with van der Waals surface area (Å²) in [6.07, 6.45) is 4.49. The Morgan fingerprint density at radius 3 is 2.50 bits per heavy atom. The molecule has 0 aliphatic carbocycles. The lowest BCUT2D eigenvalue weighted by Gasteiger charge is -2.10. The summed E-state index contributed by atoms with van der Waals surface area (Å²) < 4.78 is 0. The molecule has 0 fully saturated rings. The van der Waals surface area contributed by atoms with Crippen molar-refractivity contribution in [1.29, 1.82) is 0 Å². The molecule has 1 heterocycles. The molecular formula is C19H17ClN2. The predicted molar refractivity (Wildman–Crippen MR) is 92.3 cm³/mol. The second-order valence-corrected chi connectivity index (χ2v) is 5.59. The number of benzene rings is 2. The SMILES string of the molecule is Clc1ccc(NCc2cccnc2)cc1Cc1ccccc1. The van der Waals surface area contributed by atoms with Crippen LogP contribution in [-0.4, -0.2) is 4.98 Å². The average Bonchev–Trinajstić information content (AvgIpc) is 2.57. The van der Waals surface area contributed by atoms with Crippen molar-refractivity contribution < 1.29 is 0 Å². The van der Waals surface area contributed by atoms with Gasteiger partial charge in [-0.1, -0.05) is 48.0 Å². The minimum atomic E-state index is 0.750. The van der Waals surface area contributed by atoms with Crippen molar-refractivity contribution >= 4 is 17.3 Å². The predicted octanol–water partition coefficient (Wildman–Crippen LogP) is 4.94. The molecule has 0 bridgehead atoms. The molecular weight excluding hydrogens is 292 g/mol. The molecule has 0 spiro atoms. The van der Waals surface area contributed by atoms with Gasteiger partial charge < -0.3 is 5.32 Å². The molecule has 3 heteroatoms. The summed E-state index contributed by atoms with van der Waals surface area (Å²) in [6.45, 7) is 0.750. The Hall–Kier alpha value is -2.32. The molecule has 1 aromatic heterocycles. The maximum Gasteiger partial charge on any atom is 0.0442 e. The van der Waals surface area contributed by atoms with E-state index in [9.17, 15) is 0 Å². The molecule has 0 aliphatic heterocycles. The van der Waals surface area contributed by atoms with Gasteiger partial charge in [-0.2, -0.15) is 0 Å². The first kappa shape index (κ1) is 14.6. The minimum Gasteiger partial charge on any atom is -0.381 e. The van der Waals surface area contributed by atoms with Gasteiger partial charge in [0.2, 0.25) is 0 Å². The number of aromatic nitrogens is 1. The Bertz CT molecular complexity index is 727. The molecule has 2 nitrogen and oxygen atoms in total. The van der Waals surface area contributed by atoms with E-state index in [1.54, 1.807) is 6.20 Å². The Balaban J connectivity index is 1.72. The van der Waals surface area contributed by atoms with Crippen molar-refractivity contribution in [3.8, 4) is 0 Å². The van der Waals surface area contributed by atoms with Crippen molar-refractivity contribution in [2.45, 2.75) is 13.0 Å². The van der Waals surface area contributed by atoms with Gasteiger partial charge in [0.05, 0.1) is 0 Å². The lowest BCUT2D eigenvalue weighted by molar-refractivity contribution is 1.11. The van der Waals surface area contributed by atoms with E-state index in [2.05, 4.69) is 34.6 Å². The third kappa shape index (κ3) is 3.86. The fraction of sp³-hybridized carbons (Fsp3) is 0.105. The quantitative estimate of drug-likeness (QED) is 0.722. The van der Waals surface area contributed by atoms with E-state index in [1.165, 1.54) is 5.56 Å². The lowest BCUT2D eigenvalue weighted by Crippen LogP contribution is -2.00. The van der Waals surface area contributed by atoms with Crippen LogP contribution >= 0.6 is 11.6 Å².